The van der Waals surface area contributed by atoms with Crippen LogP contribution < -0.4 is 10.2 Å². The van der Waals surface area contributed by atoms with E-state index in [0.717, 1.165) is 11.1 Å². The van der Waals surface area contributed by atoms with Gasteiger partial charge < -0.3 is 14.8 Å². The minimum atomic E-state index is -0.600. The predicted molar refractivity (Wildman–Crippen MR) is 134 cm³/mol. The zero-order chi connectivity index (χ0) is 25.2. The van der Waals surface area contributed by atoms with Crippen LogP contribution in [0, 0.1) is 6.92 Å². The first-order valence-corrected chi connectivity index (χ1v) is 11.6. The van der Waals surface area contributed by atoms with Crippen LogP contribution in [0.2, 0.25) is 5.15 Å². The summed E-state index contributed by atoms with van der Waals surface area (Å²) in [6.45, 7) is 6.12. The maximum atomic E-state index is 12.8. The second-order valence-corrected chi connectivity index (χ2v) is 9.25. The maximum Gasteiger partial charge on any atom is 0.416 e. The van der Waals surface area contributed by atoms with Crippen molar-refractivity contribution in [2.45, 2.75) is 38.8 Å². The number of nitrogens with one attached hydrogen (secondary N) is 1. The summed E-state index contributed by atoms with van der Waals surface area (Å²) in [5.74, 6) is -0.0893. The lowest BCUT2D eigenvalue weighted by Gasteiger charge is -2.32. The van der Waals surface area contributed by atoms with Crippen LogP contribution in [-0.4, -0.2) is 41.3 Å². The van der Waals surface area contributed by atoms with Gasteiger partial charge in [0.15, 0.2) is 5.69 Å². The van der Waals surface area contributed by atoms with Crippen molar-refractivity contribution in [2.24, 2.45) is 0 Å². The SMILES string of the molecule is COC(=O)c1nc(Cl)ccc1N[C@H](C)c1cc(C)cc(N2C(=O)OCC2(C)Cc2ccccc2)n1. The van der Waals surface area contributed by atoms with Crippen molar-refractivity contribution in [2.75, 3.05) is 23.9 Å². The number of pyridine rings is 2. The van der Waals surface area contributed by atoms with Gasteiger partial charge in [0.1, 0.15) is 17.6 Å². The number of nitrogens with zero attached hydrogens (tertiary/aromatic N) is 3. The quantitative estimate of drug-likeness (QED) is 0.349. The molecule has 1 N–H and O–H groups in total. The van der Waals surface area contributed by atoms with E-state index in [2.05, 4.69) is 10.3 Å². The van der Waals surface area contributed by atoms with Crippen LogP contribution in [0.5, 0.6) is 0 Å². The normalized spacial score (nSPS) is 18.2. The van der Waals surface area contributed by atoms with Gasteiger partial charge in [-0.3, -0.25) is 4.90 Å². The summed E-state index contributed by atoms with van der Waals surface area (Å²) in [4.78, 5) is 35.6. The Morgan fingerprint density at radius 3 is 2.69 bits per heavy atom. The van der Waals surface area contributed by atoms with Gasteiger partial charge >= 0.3 is 12.1 Å². The Morgan fingerprint density at radius 1 is 1.23 bits per heavy atom. The molecule has 1 aliphatic heterocycles. The fraction of sp³-hybridized carbons (Fsp3) is 0.308. The van der Waals surface area contributed by atoms with Gasteiger partial charge in [0, 0.05) is 0 Å². The first-order chi connectivity index (χ1) is 16.7. The molecule has 9 heteroatoms. The number of rotatable bonds is 7. The number of hydrogen-bond acceptors (Lipinski definition) is 7. The molecule has 1 unspecified atom stereocenters. The summed E-state index contributed by atoms with van der Waals surface area (Å²) in [7, 11) is 1.29. The Bertz CT molecular complexity index is 1250. The number of hydrogen-bond donors (Lipinski definition) is 1. The molecular formula is C26H27ClN4O4. The summed E-state index contributed by atoms with van der Waals surface area (Å²) in [5, 5.41) is 3.45. The second kappa shape index (κ2) is 9.92. The molecule has 182 valence electrons. The Kier molecular flexibility index (Phi) is 6.93. The highest BCUT2D eigenvalue weighted by atomic mass is 35.5. The molecule has 0 bridgehead atoms. The van der Waals surface area contributed by atoms with Gasteiger partial charge in [-0.25, -0.2) is 19.6 Å². The van der Waals surface area contributed by atoms with Crippen LogP contribution in [0.3, 0.4) is 0 Å². The molecular weight excluding hydrogens is 468 g/mol. The average molecular weight is 495 g/mol. The Morgan fingerprint density at radius 2 is 1.97 bits per heavy atom. The minimum absolute atomic E-state index is 0.0817. The van der Waals surface area contributed by atoms with Gasteiger partial charge in [-0.1, -0.05) is 41.9 Å². The van der Waals surface area contributed by atoms with Crippen molar-refractivity contribution in [3.8, 4) is 0 Å². The monoisotopic (exact) mass is 494 g/mol. The number of aryl methyl sites for hydroxylation is 1. The third-order valence-corrected chi connectivity index (χ3v) is 6.13. The molecule has 0 aliphatic carbocycles. The molecule has 3 aromatic rings. The molecule has 8 nitrogen and oxygen atoms in total. The number of esters is 1. The van der Waals surface area contributed by atoms with Gasteiger partial charge in [-0.15, -0.1) is 0 Å². The van der Waals surface area contributed by atoms with Crippen molar-refractivity contribution in [3.63, 3.8) is 0 Å². The van der Waals surface area contributed by atoms with E-state index in [9.17, 15) is 9.59 Å². The standard InChI is InChI=1S/C26H27ClN4O4/c1-16-12-20(17(2)28-19-10-11-21(27)30-23(19)24(32)34-4)29-22(13-16)31-25(33)35-15-26(31,3)14-18-8-6-5-7-9-18/h5-13,17,28H,14-15H2,1-4H3/t17-,26?/m1/s1. The van der Waals surface area contributed by atoms with Gasteiger partial charge in [0.05, 0.1) is 30.1 Å². The van der Waals surface area contributed by atoms with Crippen molar-refractivity contribution in [1.29, 1.82) is 0 Å². The van der Waals surface area contributed by atoms with E-state index in [4.69, 9.17) is 26.1 Å². The number of ether oxygens (including phenoxy) is 2. The first-order valence-electron chi connectivity index (χ1n) is 11.2. The molecule has 0 saturated carbocycles. The lowest BCUT2D eigenvalue weighted by molar-refractivity contribution is 0.0595. The number of halogens is 1. The van der Waals surface area contributed by atoms with Gasteiger partial charge in [0.25, 0.3) is 0 Å². The number of amides is 1. The molecule has 0 radical (unpaired) electrons. The second-order valence-electron chi connectivity index (χ2n) is 8.86. The lowest BCUT2D eigenvalue weighted by Crippen LogP contribution is -2.47. The number of carbonyl (C=O) groups excluding carboxylic acids is 2. The van der Waals surface area contributed by atoms with E-state index in [1.165, 1.54) is 7.11 Å². The molecule has 1 aliphatic rings. The zero-order valence-corrected chi connectivity index (χ0v) is 20.8. The lowest BCUT2D eigenvalue weighted by atomic mass is 9.92. The fourth-order valence-electron chi connectivity index (χ4n) is 4.23. The van der Waals surface area contributed by atoms with Crippen molar-refractivity contribution in [3.05, 3.63) is 82.3 Å². The van der Waals surface area contributed by atoms with Crippen LogP contribution in [0.15, 0.2) is 54.6 Å². The molecule has 1 amide bonds. The highest BCUT2D eigenvalue weighted by Gasteiger charge is 2.45. The van der Waals surface area contributed by atoms with Crippen molar-refractivity contribution in [1.82, 2.24) is 9.97 Å². The zero-order valence-electron chi connectivity index (χ0n) is 20.0. The van der Waals surface area contributed by atoms with Crippen LogP contribution in [0.25, 0.3) is 0 Å². The van der Waals surface area contributed by atoms with E-state index < -0.39 is 17.6 Å². The molecule has 3 heterocycles. The van der Waals surface area contributed by atoms with Gasteiger partial charge in [-0.05, 0) is 62.6 Å². The third-order valence-electron chi connectivity index (χ3n) is 5.92. The van der Waals surface area contributed by atoms with E-state index in [0.29, 0.717) is 23.6 Å². The first kappa shape index (κ1) is 24.5. The van der Waals surface area contributed by atoms with E-state index >= 15 is 0 Å². The van der Waals surface area contributed by atoms with Gasteiger partial charge in [-0.2, -0.15) is 0 Å². The third kappa shape index (κ3) is 5.22. The Balaban J connectivity index is 1.65. The smallest absolute Gasteiger partial charge is 0.416 e. The number of methoxy groups -OCH3 is 1. The van der Waals surface area contributed by atoms with Crippen LogP contribution in [0.1, 0.15) is 47.2 Å². The highest BCUT2D eigenvalue weighted by Crippen LogP contribution is 2.34. The molecule has 2 aromatic heterocycles. The Labute approximate surface area is 209 Å². The molecule has 4 rings (SSSR count). The van der Waals surface area contributed by atoms with Crippen LogP contribution >= 0.6 is 11.6 Å². The number of carbonyl (C=O) groups is 2. The molecule has 1 fully saturated rings. The minimum Gasteiger partial charge on any atom is -0.464 e. The number of aromatic nitrogens is 2. The summed E-state index contributed by atoms with van der Waals surface area (Å²) >= 11 is 5.98. The number of benzene rings is 1. The summed E-state index contributed by atoms with van der Waals surface area (Å²) in [6, 6.07) is 16.7. The largest absolute Gasteiger partial charge is 0.464 e. The molecule has 1 saturated heterocycles. The summed E-state index contributed by atoms with van der Waals surface area (Å²) in [6.07, 6.45) is 0.194. The van der Waals surface area contributed by atoms with Gasteiger partial charge in [0.2, 0.25) is 0 Å². The predicted octanol–water partition coefficient (Wildman–Crippen LogP) is 5.36. The summed E-state index contributed by atoms with van der Waals surface area (Å²) in [5.41, 5.74) is 2.68. The molecule has 2 atom stereocenters. The molecule has 0 spiro atoms. The average Bonchev–Trinajstić information content (AvgIpc) is 3.13. The topological polar surface area (TPSA) is 93.7 Å². The number of cyclic esters (lactones) is 1. The summed E-state index contributed by atoms with van der Waals surface area (Å²) < 4.78 is 10.3. The van der Waals surface area contributed by atoms with E-state index in [1.807, 2.05) is 63.2 Å². The molecule has 35 heavy (non-hydrogen) atoms. The fourth-order valence-corrected chi connectivity index (χ4v) is 4.37. The highest BCUT2D eigenvalue weighted by molar-refractivity contribution is 6.29. The van der Waals surface area contributed by atoms with Crippen LogP contribution in [0.4, 0.5) is 16.3 Å². The number of anilines is 2. The van der Waals surface area contributed by atoms with E-state index in [-0.39, 0.29) is 23.5 Å². The van der Waals surface area contributed by atoms with E-state index in [1.54, 1.807) is 17.0 Å². The Hall–Kier alpha value is -3.65. The van der Waals surface area contributed by atoms with Crippen LogP contribution in [-0.2, 0) is 15.9 Å². The van der Waals surface area contributed by atoms with Crippen molar-refractivity contribution < 1.29 is 19.1 Å². The maximum absolute atomic E-state index is 12.8. The molecule has 1 aromatic carbocycles. The van der Waals surface area contributed by atoms with Crippen molar-refractivity contribution >= 4 is 35.2 Å².